The molecule has 0 aliphatic rings. The van der Waals surface area contributed by atoms with E-state index in [4.69, 9.17) is 16.3 Å². The molecule has 0 amide bonds. The first kappa shape index (κ1) is 19.0. The summed E-state index contributed by atoms with van der Waals surface area (Å²) in [6.07, 6.45) is 1.80. The number of hydrogen-bond donors (Lipinski definition) is 1. The highest BCUT2D eigenvalue weighted by atomic mass is 35.5. The van der Waals surface area contributed by atoms with Crippen LogP contribution >= 0.6 is 11.6 Å². The van der Waals surface area contributed by atoms with Crippen molar-refractivity contribution in [2.75, 3.05) is 0 Å². The van der Waals surface area contributed by atoms with Crippen LogP contribution in [0.25, 0.3) is 10.8 Å². The Hall–Kier alpha value is -3.30. The smallest absolute Gasteiger partial charge is 0.119 e. The molecule has 0 unspecified atom stereocenters. The molecule has 0 aromatic heterocycles. The molecule has 0 saturated carbocycles. The summed E-state index contributed by atoms with van der Waals surface area (Å²) in [4.78, 5) is 0. The van der Waals surface area contributed by atoms with Crippen molar-refractivity contribution in [3.8, 4) is 5.75 Å². The second-order valence-electron chi connectivity index (χ2n) is 6.72. The number of fused-ring (bicyclic) bond motifs is 1. The molecule has 4 rings (SSSR count). The molecule has 0 bridgehead atoms. The van der Waals surface area contributed by atoms with Gasteiger partial charge in [0.05, 0.1) is 12.8 Å². The monoisotopic (exact) mass is 400 g/mol. The summed E-state index contributed by atoms with van der Waals surface area (Å²) in [7, 11) is 0. The van der Waals surface area contributed by atoms with E-state index in [1.165, 1.54) is 16.3 Å². The fourth-order valence-corrected chi connectivity index (χ4v) is 3.21. The van der Waals surface area contributed by atoms with Crippen molar-refractivity contribution in [3.05, 3.63) is 113 Å². The molecule has 29 heavy (non-hydrogen) atoms. The molecule has 4 aromatic carbocycles. The molecule has 0 fully saturated rings. The highest BCUT2D eigenvalue weighted by Gasteiger charge is 2.01. The van der Waals surface area contributed by atoms with Crippen LogP contribution in [0, 0.1) is 0 Å². The summed E-state index contributed by atoms with van der Waals surface area (Å²) in [6, 6.07) is 30.3. The number of ether oxygens (including phenoxy) is 1. The fourth-order valence-electron chi connectivity index (χ4n) is 3.09. The molecular formula is C25H21ClN2O. The van der Waals surface area contributed by atoms with Gasteiger partial charge in [0.1, 0.15) is 12.4 Å². The molecule has 0 aliphatic heterocycles. The number of nitrogens with one attached hydrogen (secondary N) is 1. The highest BCUT2D eigenvalue weighted by Crippen LogP contribution is 2.21. The van der Waals surface area contributed by atoms with Gasteiger partial charge in [0.2, 0.25) is 0 Å². The number of hydrazone groups is 1. The van der Waals surface area contributed by atoms with Crippen molar-refractivity contribution in [2.45, 2.75) is 13.2 Å². The van der Waals surface area contributed by atoms with Crippen LogP contribution in [0.15, 0.2) is 96.1 Å². The van der Waals surface area contributed by atoms with Gasteiger partial charge in [-0.3, -0.25) is 0 Å². The van der Waals surface area contributed by atoms with Gasteiger partial charge in [0.15, 0.2) is 0 Å². The summed E-state index contributed by atoms with van der Waals surface area (Å²) in [5.41, 5.74) is 6.36. The van der Waals surface area contributed by atoms with Gasteiger partial charge in [-0.15, -0.1) is 0 Å². The van der Waals surface area contributed by atoms with Crippen LogP contribution in [0.1, 0.15) is 16.7 Å². The van der Waals surface area contributed by atoms with E-state index in [1.807, 2.05) is 48.5 Å². The normalized spacial score (nSPS) is 11.1. The van der Waals surface area contributed by atoms with Gasteiger partial charge in [-0.25, -0.2) is 0 Å². The average molecular weight is 401 g/mol. The van der Waals surface area contributed by atoms with Crippen molar-refractivity contribution < 1.29 is 4.74 Å². The lowest BCUT2D eigenvalue weighted by Gasteiger charge is -2.09. The maximum Gasteiger partial charge on any atom is 0.119 e. The lowest BCUT2D eigenvalue weighted by Crippen LogP contribution is -2.05. The van der Waals surface area contributed by atoms with Gasteiger partial charge in [-0.05, 0) is 63.9 Å². The molecule has 0 heterocycles. The van der Waals surface area contributed by atoms with Crippen molar-refractivity contribution in [1.82, 2.24) is 5.43 Å². The second kappa shape index (κ2) is 9.26. The summed E-state index contributed by atoms with van der Waals surface area (Å²) in [6.45, 7) is 1.19. The van der Waals surface area contributed by atoms with E-state index in [1.54, 1.807) is 6.21 Å². The Bertz CT molecular complexity index is 1100. The van der Waals surface area contributed by atoms with Gasteiger partial charge in [-0.2, -0.15) is 5.10 Å². The molecule has 144 valence electrons. The van der Waals surface area contributed by atoms with Gasteiger partial charge >= 0.3 is 0 Å². The van der Waals surface area contributed by atoms with Gasteiger partial charge in [0, 0.05) is 5.02 Å². The van der Waals surface area contributed by atoms with E-state index < -0.39 is 0 Å². The van der Waals surface area contributed by atoms with E-state index in [9.17, 15) is 0 Å². The molecule has 0 atom stereocenters. The zero-order valence-electron chi connectivity index (χ0n) is 15.9. The minimum atomic E-state index is 0.539. The number of rotatable bonds is 7. The first-order valence-corrected chi connectivity index (χ1v) is 9.85. The third-order valence-electron chi connectivity index (χ3n) is 4.66. The van der Waals surface area contributed by atoms with Crippen molar-refractivity contribution in [3.63, 3.8) is 0 Å². The van der Waals surface area contributed by atoms with Gasteiger partial charge in [-0.1, -0.05) is 66.2 Å². The van der Waals surface area contributed by atoms with E-state index in [-0.39, 0.29) is 0 Å². The summed E-state index contributed by atoms with van der Waals surface area (Å²) >= 11 is 5.89. The number of halogens is 1. The van der Waals surface area contributed by atoms with Crippen molar-refractivity contribution >= 4 is 28.6 Å². The Kier molecular flexibility index (Phi) is 6.08. The van der Waals surface area contributed by atoms with Gasteiger partial charge in [0.25, 0.3) is 0 Å². The first-order chi connectivity index (χ1) is 14.3. The Morgan fingerprint density at radius 2 is 1.59 bits per heavy atom. The SMILES string of the molecule is Clc1ccc(CN/N=C\c2ccc(OCc3cccc4ccccc34)cc2)cc1. The number of hydrogen-bond acceptors (Lipinski definition) is 3. The Morgan fingerprint density at radius 3 is 2.41 bits per heavy atom. The lowest BCUT2D eigenvalue weighted by atomic mass is 10.1. The Labute approximate surface area is 175 Å². The largest absolute Gasteiger partial charge is 0.489 e. The van der Waals surface area contributed by atoms with E-state index in [2.05, 4.69) is 53.0 Å². The zero-order valence-corrected chi connectivity index (χ0v) is 16.6. The van der Waals surface area contributed by atoms with Crippen molar-refractivity contribution in [2.24, 2.45) is 5.10 Å². The van der Waals surface area contributed by atoms with Crippen LogP contribution < -0.4 is 10.2 Å². The maximum atomic E-state index is 5.98. The second-order valence-corrected chi connectivity index (χ2v) is 7.15. The Morgan fingerprint density at radius 1 is 0.828 bits per heavy atom. The molecule has 0 spiro atoms. The molecule has 0 radical (unpaired) electrons. The predicted molar refractivity (Wildman–Crippen MR) is 121 cm³/mol. The van der Waals surface area contributed by atoms with E-state index in [0.717, 1.165) is 21.9 Å². The Balaban J connectivity index is 1.31. The molecule has 0 saturated heterocycles. The predicted octanol–water partition coefficient (Wildman–Crippen LogP) is 6.20. The van der Waals surface area contributed by atoms with Crippen LogP contribution in [0.4, 0.5) is 0 Å². The van der Waals surface area contributed by atoms with Crippen LogP contribution in [-0.4, -0.2) is 6.21 Å². The third-order valence-corrected chi connectivity index (χ3v) is 4.91. The molecule has 0 aliphatic carbocycles. The topological polar surface area (TPSA) is 33.6 Å². The van der Waals surface area contributed by atoms with Crippen LogP contribution in [-0.2, 0) is 13.2 Å². The lowest BCUT2D eigenvalue weighted by molar-refractivity contribution is 0.307. The van der Waals surface area contributed by atoms with Crippen LogP contribution in [0.5, 0.6) is 5.75 Å². The highest BCUT2D eigenvalue weighted by molar-refractivity contribution is 6.30. The number of nitrogens with zero attached hydrogens (tertiary/aromatic N) is 1. The van der Waals surface area contributed by atoms with Crippen molar-refractivity contribution in [1.29, 1.82) is 0 Å². The minimum absolute atomic E-state index is 0.539. The number of benzene rings is 4. The summed E-state index contributed by atoms with van der Waals surface area (Å²) < 4.78 is 5.98. The molecule has 4 heteroatoms. The zero-order chi connectivity index (χ0) is 19.9. The standard InChI is InChI=1S/C25H21ClN2O/c26-23-12-8-19(9-13-23)16-27-28-17-20-10-14-24(15-11-20)29-18-22-6-3-5-21-4-1-2-7-25(21)22/h1-15,17,27H,16,18H2/b28-17-. The summed E-state index contributed by atoms with van der Waals surface area (Å²) in [5, 5.41) is 7.46. The quantitative estimate of drug-likeness (QED) is 0.296. The summed E-state index contributed by atoms with van der Waals surface area (Å²) in [5.74, 6) is 0.837. The first-order valence-electron chi connectivity index (χ1n) is 9.48. The average Bonchev–Trinajstić information content (AvgIpc) is 2.77. The molecule has 4 aromatic rings. The molecular weight excluding hydrogens is 380 g/mol. The van der Waals surface area contributed by atoms with Gasteiger partial charge < -0.3 is 10.2 Å². The minimum Gasteiger partial charge on any atom is -0.489 e. The van der Waals surface area contributed by atoms with Crippen LogP contribution in [0.3, 0.4) is 0 Å². The molecule has 3 nitrogen and oxygen atoms in total. The fraction of sp³-hybridized carbons (Fsp3) is 0.0800. The maximum absolute atomic E-state index is 5.98. The van der Waals surface area contributed by atoms with Crippen LogP contribution in [0.2, 0.25) is 5.02 Å². The van der Waals surface area contributed by atoms with E-state index >= 15 is 0 Å². The third kappa shape index (κ3) is 5.15. The van der Waals surface area contributed by atoms with E-state index in [0.29, 0.717) is 13.2 Å². The molecule has 1 N–H and O–H groups in total.